The summed E-state index contributed by atoms with van der Waals surface area (Å²) in [7, 11) is 1.88. The normalized spacial score (nSPS) is 10.3. The van der Waals surface area contributed by atoms with Crippen molar-refractivity contribution < 1.29 is 9.53 Å². The van der Waals surface area contributed by atoms with Gasteiger partial charge in [-0.25, -0.2) is 9.78 Å². The van der Waals surface area contributed by atoms with Gasteiger partial charge in [-0.1, -0.05) is 11.8 Å². The molecule has 0 aromatic carbocycles. The number of anilines is 1. The molecule has 0 unspecified atom stereocenters. The van der Waals surface area contributed by atoms with Crippen molar-refractivity contribution in [3.63, 3.8) is 0 Å². The Bertz CT molecular complexity index is 700. The highest BCUT2D eigenvalue weighted by Gasteiger charge is 2.23. The first kappa shape index (κ1) is 15.4. The van der Waals surface area contributed by atoms with Crippen molar-refractivity contribution in [2.24, 2.45) is 7.05 Å². The molecule has 0 aliphatic rings. The van der Waals surface area contributed by atoms with Crippen LogP contribution >= 0.6 is 23.1 Å². The fourth-order valence-corrected chi connectivity index (χ4v) is 3.72. The lowest BCUT2D eigenvalue weighted by Crippen LogP contribution is -2.05. The lowest BCUT2D eigenvalue weighted by atomic mass is 10.2. The van der Waals surface area contributed by atoms with Crippen LogP contribution in [-0.2, 0) is 17.5 Å². The number of nitrogen functional groups attached to an aromatic ring is 1. The van der Waals surface area contributed by atoms with Gasteiger partial charge < -0.3 is 15.0 Å². The standard InChI is InChI=1S/C13H14N4O2S2/c1-3-19-12(18)10-9(8(6-14)11(15)21-10)7-20-13-16-4-5-17(13)2/h4-5H,3,7,15H2,1-2H3. The van der Waals surface area contributed by atoms with Crippen molar-refractivity contribution in [1.82, 2.24) is 9.55 Å². The van der Waals surface area contributed by atoms with Gasteiger partial charge in [0, 0.05) is 30.8 Å². The molecule has 0 aliphatic carbocycles. The van der Waals surface area contributed by atoms with Crippen molar-refractivity contribution in [1.29, 1.82) is 5.26 Å². The Labute approximate surface area is 130 Å². The topological polar surface area (TPSA) is 93.9 Å². The average molecular weight is 322 g/mol. The van der Waals surface area contributed by atoms with Gasteiger partial charge in [-0.05, 0) is 6.92 Å². The lowest BCUT2D eigenvalue weighted by molar-refractivity contribution is 0.0531. The number of rotatable bonds is 5. The number of carbonyl (C=O) groups is 1. The summed E-state index contributed by atoms with van der Waals surface area (Å²) in [5.41, 5.74) is 6.79. The minimum absolute atomic E-state index is 0.282. The van der Waals surface area contributed by atoms with E-state index in [0.717, 1.165) is 16.5 Å². The van der Waals surface area contributed by atoms with Crippen LogP contribution in [0.1, 0.15) is 27.7 Å². The van der Waals surface area contributed by atoms with Gasteiger partial charge in [0.05, 0.1) is 12.2 Å². The fraction of sp³-hybridized carbons (Fsp3) is 0.308. The molecule has 8 heteroatoms. The number of esters is 1. The highest BCUT2D eigenvalue weighted by Crippen LogP contribution is 2.35. The maximum absolute atomic E-state index is 12.0. The number of nitrogens with two attached hydrogens (primary N) is 1. The molecule has 6 nitrogen and oxygen atoms in total. The molecule has 0 saturated heterocycles. The zero-order valence-electron chi connectivity index (χ0n) is 11.6. The maximum Gasteiger partial charge on any atom is 0.348 e. The minimum Gasteiger partial charge on any atom is -0.462 e. The largest absolute Gasteiger partial charge is 0.462 e. The molecule has 0 aliphatic heterocycles. The molecule has 0 bridgehead atoms. The quantitative estimate of drug-likeness (QED) is 0.671. The molecular weight excluding hydrogens is 308 g/mol. The van der Waals surface area contributed by atoms with E-state index >= 15 is 0 Å². The Balaban J connectivity index is 2.30. The van der Waals surface area contributed by atoms with Crippen molar-refractivity contribution in [2.45, 2.75) is 17.8 Å². The van der Waals surface area contributed by atoms with Crippen LogP contribution in [-0.4, -0.2) is 22.1 Å². The summed E-state index contributed by atoms with van der Waals surface area (Å²) in [6.07, 6.45) is 3.53. The van der Waals surface area contributed by atoms with Gasteiger partial charge in [0.25, 0.3) is 0 Å². The first-order valence-electron chi connectivity index (χ1n) is 6.17. The number of imidazole rings is 1. The Hall–Kier alpha value is -1.98. The third-order valence-electron chi connectivity index (χ3n) is 2.73. The summed E-state index contributed by atoms with van der Waals surface area (Å²) in [6, 6.07) is 2.06. The third kappa shape index (κ3) is 3.20. The predicted molar refractivity (Wildman–Crippen MR) is 82.2 cm³/mol. The number of thioether (sulfide) groups is 1. The van der Waals surface area contributed by atoms with Crippen LogP contribution < -0.4 is 5.73 Å². The average Bonchev–Trinajstić information content (AvgIpc) is 3.00. The van der Waals surface area contributed by atoms with Crippen LogP contribution in [0.15, 0.2) is 17.6 Å². The van der Waals surface area contributed by atoms with Gasteiger partial charge in [-0.3, -0.25) is 0 Å². The van der Waals surface area contributed by atoms with Gasteiger partial charge in [0.15, 0.2) is 5.16 Å². The van der Waals surface area contributed by atoms with Crippen LogP contribution in [0.5, 0.6) is 0 Å². The molecule has 110 valence electrons. The van der Waals surface area contributed by atoms with Crippen LogP contribution in [0.3, 0.4) is 0 Å². The molecule has 2 aromatic rings. The van der Waals surface area contributed by atoms with E-state index < -0.39 is 5.97 Å². The maximum atomic E-state index is 12.0. The highest BCUT2D eigenvalue weighted by molar-refractivity contribution is 7.98. The molecule has 2 aromatic heterocycles. The van der Waals surface area contributed by atoms with E-state index in [1.165, 1.54) is 11.8 Å². The van der Waals surface area contributed by atoms with E-state index in [2.05, 4.69) is 11.1 Å². The minimum atomic E-state index is -0.439. The molecule has 0 amide bonds. The van der Waals surface area contributed by atoms with Crippen molar-refractivity contribution >= 4 is 34.1 Å². The van der Waals surface area contributed by atoms with Gasteiger partial charge >= 0.3 is 5.97 Å². The zero-order chi connectivity index (χ0) is 15.4. The number of aryl methyl sites for hydroxylation is 1. The van der Waals surface area contributed by atoms with Gasteiger partial charge in [-0.15, -0.1) is 11.3 Å². The summed E-state index contributed by atoms with van der Waals surface area (Å²) >= 11 is 2.54. The first-order valence-corrected chi connectivity index (χ1v) is 7.97. The monoisotopic (exact) mass is 322 g/mol. The zero-order valence-corrected chi connectivity index (χ0v) is 13.3. The molecule has 2 heterocycles. The van der Waals surface area contributed by atoms with Gasteiger partial charge in [-0.2, -0.15) is 5.26 Å². The number of nitrogens with zero attached hydrogens (tertiary/aromatic N) is 3. The number of nitriles is 1. The number of hydrogen-bond donors (Lipinski definition) is 1. The summed E-state index contributed by atoms with van der Waals surface area (Å²) in [4.78, 5) is 16.6. The second-order valence-corrected chi connectivity index (χ2v) is 6.09. The van der Waals surface area contributed by atoms with Gasteiger partial charge in [0.2, 0.25) is 0 Å². The molecule has 0 saturated carbocycles. The highest BCUT2D eigenvalue weighted by atomic mass is 32.2. The summed E-state index contributed by atoms with van der Waals surface area (Å²) in [5.74, 6) is 0.00131. The van der Waals surface area contributed by atoms with Crippen LogP contribution in [0.2, 0.25) is 0 Å². The molecule has 0 spiro atoms. The Morgan fingerprint density at radius 1 is 1.67 bits per heavy atom. The summed E-state index contributed by atoms with van der Waals surface area (Å²) < 4.78 is 6.89. The lowest BCUT2D eigenvalue weighted by Gasteiger charge is -2.04. The smallest absolute Gasteiger partial charge is 0.348 e. The van der Waals surface area contributed by atoms with Crippen molar-refractivity contribution in [3.05, 3.63) is 28.4 Å². The van der Waals surface area contributed by atoms with E-state index in [1.807, 2.05) is 17.8 Å². The number of aromatic nitrogens is 2. The molecule has 2 rings (SSSR count). The summed E-state index contributed by atoms with van der Waals surface area (Å²) in [5, 5.41) is 10.4. The van der Waals surface area contributed by atoms with E-state index in [0.29, 0.717) is 26.8 Å². The molecular formula is C13H14N4O2S2. The second-order valence-electron chi connectivity index (χ2n) is 4.09. The molecule has 2 N–H and O–H groups in total. The Kier molecular flexibility index (Phi) is 4.88. The second kappa shape index (κ2) is 6.65. The number of hydrogen-bond acceptors (Lipinski definition) is 7. The van der Waals surface area contributed by atoms with Crippen molar-refractivity contribution in [3.8, 4) is 6.07 Å². The molecule has 21 heavy (non-hydrogen) atoms. The van der Waals surface area contributed by atoms with E-state index in [1.54, 1.807) is 13.1 Å². The van der Waals surface area contributed by atoms with Crippen LogP contribution in [0.25, 0.3) is 0 Å². The Morgan fingerprint density at radius 2 is 2.43 bits per heavy atom. The molecule has 0 radical (unpaired) electrons. The third-order valence-corrected chi connectivity index (χ3v) is 4.86. The summed E-state index contributed by atoms with van der Waals surface area (Å²) in [6.45, 7) is 2.02. The molecule has 0 atom stereocenters. The van der Waals surface area contributed by atoms with E-state index in [-0.39, 0.29) is 6.61 Å². The van der Waals surface area contributed by atoms with Crippen LogP contribution in [0, 0.1) is 11.3 Å². The number of ether oxygens (including phenoxy) is 1. The molecule has 0 fully saturated rings. The SMILES string of the molecule is CCOC(=O)c1sc(N)c(C#N)c1CSc1nccn1C. The fourth-order valence-electron chi connectivity index (χ4n) is 1.73. The van der Waals surface area contributed by atoms with Crippen LogP contribution in [0.4, 0.5) is 5.00 Å². The van der Waals surface area contributed by atoms with E-state index in [4.69, 9.17) is 10.5 Å². The predicted octanol–water partition coefficient (Wildman–Crippen LogP) is 2.40. The number of thiophene rings is 1. The Morgan fingerprint density at radius 3 is 3.00 bits per heavy atom. The first-order chi connectivity index (χ1) is 10.1. The van der Waals surface area contributed by atoms with Crippen molar-refractivity contribution in [2.75, 3.05) is 12.3 Å². The van der Waals surface area contributed by atoms with E-state index in [9.17, 15) is 10.1 Å². The number of carbonyl (C=O) groups excluding carboxylic acids is 1. The van der Waals surface area contributed by atoms with Gasteiger partial charge in [0.1, 0.15) is 15.9 Å².